The number of amides is 2. The SMILES string of the molecule is Cc1cc(-c2c(C)cc(F)cc2C)cc(C(CC(=O)O)NC(=O)[C@H](CC(C)O)NC(=O)c2cccn(CCN3CCC(C)(P)CC3)c2=O)c1F. The molecule has 1 aliphatic heterocycles. The van der Waals surface area contributed by atoms with Crippen LogP contribution in [0.5, 0.6) is 0 Å². The minimum absolute atomic E-state index is 0.108. The molecule has 1 aliphatic rings. The van der Waals surface area contributed by atoms with Gasteiger partial charge in [-0.1, -0.05) is 6.92 Å². The number of aliphatic carboxylic acids is 1. The van der Waals surface area contributed by atoms with Crippen molar-refractivity contribution in [3.8, 4) is 11.1 Å². The molecule has 1 saturated heterocycles. The van der Waals surface area contributed by atoms with E-state index in [1.807, 2.05) is 0 Å². The number of pyridine rings is 1. The molecule has 0 spiro atoms. The molecule has 50 heavy (non-hydrogen) atoms. The number of likely N-dealkylation sites (tertiary alicyclic amines) is 1. The van der Waals surface area contributed by atoms with Crippen molar-refractivity contribution in [1.29, 1.82) is 0 Å². The van der Waals surface area contributed by atoms with Gasteiger partial charge < -0.3 is 30.3 Å². The fourth-order valence-corrected chi connectivity index (χ4v) is 6.74. The van der Waals surface area contributed by atoms with Gasteiger partial charge in [0.05, 0.1) is 18.6 Å². The number of aliphatic hydroxyl groups is 1. The third-order valence-electron chi connectivity index (χ3n) is 9.26. The van der Waals surface area contributed by atoms with Crippen molar-refractivity contribution < 1.29 is 33.4 Å². The number of nitrogens with zero attached hydrogens (tertiary/aromatic N) is 2. The number of aryl methyl sites for hydroxylation is 3. The van der Waals surface area contributed by atoms with Gasteiger partial charge in [0.2, 0.25) is 5.91 Å². The summed E-state index contributed by atoms with van der Waals surface area (Å²) in [6, 6.07) is 5.84. The number of nitrogens with one attached hydrogen (secondary N) is 2. The van der Waals surface area contributed by atoms with Crippen LogP contribution in [0, 0.1) is 32.4 Å². The predicted octanol–water partition coefficient (Wildman–Crippen LogP) is 4.65. The lowest BCUT2D eigenvalue weighted by atomic mass is 9.90. The van der Waals surface area contributed by atoms with E-state index in [2.05, 4.69) is 31.7 Å². The van der Waals surface area contributed by atoms with Crippen molar-refractivity contribution >= 4 is 27.0 Å². The molecule has 0 aliphatic carbocycles. The number of carbonyl (C=O) groups excluding carboxylic acids is 2. The second-order valence-electron chi connectivity index (χ2n) is 13.8. The molecule has 4 N–H and O–H groups in total. The lowest BCUT2D eigenvalue weighted by Crippen LogP contribution is -2.50. The van der Waals surface area contributed by atoms with Crippen LogP contribution >= 0.6 is 9.24 Å². The summed E-state index contributed by atoms with van der Waals surface area (Å²) in [5.74, 6) is -4.20. The second-order valence-corrected chi connectivity index (χ2v) is 15.2. The Morgan fingerprint density at radius 2 is 1.64 bits per heavy atom. The molecule has 1 aromatic heterocycles. The van der Waals surface area contributed by atoms with E-state index in [0.717, 1.165) is 25.9 Å². The molecule has 270 valence electrons. The normalized spacial score (nSPS) is 16.3. The Morgan fingerprint density at radius 1 is 1.00 bits per heavy atom. The number of hydrogen-bond acceptors (Lipinski definition) is 6. The quantitative estimate of drug-likeness (QED) is 0.189. The van der Waals surface area contributed by atoms with Gasteiger partial charge in [0.15, 0.2) is 0 Å². The molecule has 3 aromatic rings. The van der Waals surface area contributed by atoms with E-state index in [4.69, 9.17) is 0 Å². The summed E-state index contributed by atoms with van der Waals surface area (Å²) in [7, 11) is 2.90. The number of rotatable bonds is 13. The highest BCUT2D eigenvalue weighted by Gasteiger charge is 2.30. The fraction of sp³-hybridized carbons (Fsp3) is 0.459. The third-order valence-corrected chi connectivity index (χ3v) is 9.84. The second kappa shape index (κ2) is 16.4. The van der Waals surface area contributed by atoms with Crippen molar-refractivity contribution in [2.75, 3.05) is 19.6 Å². The van der Waals surface area contributed by atoms with Gasteiger partial charge in [-0.2, -0.15) is 0 Å². The van der Waals surface area contributed by atoms with Gasteiger partial charge in [-0.15, -0.1) is 9.24 Å². The molecule has 4 atom stereocenters. The summed E-state index contributed by atoms with van der Waals surface area (Å²) in [5, 5.41) is 25.2. The van der Waals surface area contributed by atoms with Crippen LogP contribution < -0.4 is 16.2 Å². The average molecular weight is 713 g/mol. The van der Waals surface area contributed by atoms with E-state index < -0.39 is 59.6 Å². The van der Waals surface area contributed by atoms with Gasteiger partial charge in [-0.25, -0.2) is 8.78 Å². The zero-order chi connectivity index (χ0) is 36.9. The lowest BCUT2D eigenvalue weighted by molar-refractivity contribution is -0.138. The highest BCUT2D eigenvalue weighted by molar-refractivity contribution is 7.18. The van der Waals surface area contributed by atoms with Gasteiger partial charge in [0.25, 0.3) is 11.5 Å². The molecule has 10 nitrogen and oxygen atoms in total. The van der Waals surface area contributed by atoms with Gasteiger partial charge in [0, 0.05) is 31.3 Å². The topological polar surface area (TPSA) is 141 Å². The van der Waals surface area contributed by atoms with E-state index in [1.165, 1.54) is 42.7 Å². The monoisotopic (exact) mass is 712 g/mol. The highest BCUT2D eigenvalue weighted by Crippen LogP contribution is 2.34. The molecule has 2 amide bonds. The number of halogens is 2. The Balaban J connectivity index is 1.57. The third kappa shape index (κ3) is 9.83. The van der Waals surface area contributed by atoms with Crippen molar-refractivity contribution in [3.63, 3.8) is 0 Å². The average Bonchev–Trinajstić information content (AvgIpc) is 3.01. The van der Waals surface area contributed by atoms with Crippen molar-refractivity contribution in [1.82, 2.24) is 20.1 Å². The number of piperidine rings is 1. The first-order valence-electron chi connectivity index (χ1n) is 16.7. The van der Waals surface area contributed by atoms with Crippen molar-refractivity contribution in [2.45, 2.75) is 90.2 Å². The number of aromatic nitrogens is 1. The van der Waals surface area contributed by atoms with Gasteiger partial charge in [-0.3, -0.25) is 19.2 Å². The van der Waals surface area contributed by atoms with Crippen LogP contribution in [0.2, 0.25) is 0 Å². The smallest absolute Gasteiger partial charge is 0.305 e. The minimum Gasteiger partial charge on any atom is -0.481 e. The summed E-state index contributed by atoms with van der Waals surface area (Å²) in [4.78, 5) is 54.7. The molecule has 0 bridgehead atoms. The van der Waals surface area contributed by atoms with Crippen LogP contribution in [-0.2, 0) is 16.1 Å². The largest absolute Gasteiger partial charge is 0.481 e. The standard InChI is InChI=1S/C37H47F2N4O6P/c1-21-16-26(38)17-22(2)32(21)25-15-23(3)33(39)28(19-25)29(20-31(45)46)40-35(48)30(18-24(4)44)41-34(47)27-7-6-10-43(36(27)49)14-13-42-11-8-37(5,50)9-12-42/h6-7,10,15-17,19,24,29-30,44H,8-9,11-14,18,20,50H2,1-5H3,(H,40,48)(H,41,47)(H,45,46)/t24?,29?,30-/m0/s1. The fourth-order valence-electron chi connectivity index (χ4n) is 6.48. The Kier molecular flexibility index (Phi) is 12.7. The number of carbonyl (C=O) groups is 3. The molecular weight excluding hydrogens is 665 g/mol. The number of carboxylic acid groups (broad SMARTS) is 1. The summed E-state index contributed by atoms with van der Waals surface area (Å²) >= 11 is 0. The lowest BCUT2D eigenvalue weighted by Gasteiger charge is -2.36. The minimum atomic E-state index is -1.39. The van der Waals surface area contributed by atoms with E-state index in [-0.39, 0.29) is 28.3 Å². The van der Waals surface area contributed by atoms with E-state index in [1.54, 1.807) is 32.2 Å². The van der Waals surface area contributed by atoms with Crippen LogP contribution in [-0.4, -0.2) is 74.4 Å². The molecule has 13 heteroatoms. The van der Waals surface area contributed by atoms with Gasteiger partial charge in [0.1, 0.15) is 23.2 Å². The van der Waals surface area contributed by atoms with Gasteiger partial charge in [-0.05, 0) is 123 Å². The zero-order valence-corrected chi connectivity index (χ0v) is 30.3. The Bertz CT molecular complexity index is 1780. The van der Waals surface area contributed by atoms with Crippen LogP contribution in [0.1, 0.15) is 78.2 Å². The molecular formula is C37H47F2N4O6P. The van der Waals surface area contributed by atoms with Gasteiger partial charge >= 0.3 is 5.97 Å². The molecule has 0 radical (unpaired) electrons. The first-order chi connectivity index (χ1) is 23.5. The molecule has 2 aromatic carbocycles. The Labute approximate surface area is 293 Å². The molecule has 0 saturated carbocycles. The first kappa shape index (κ1) is 38.8. The first-order valence-corrected chi connectivity index (χ1v) is 17.3. The maximum absolute atomic E-state index is 15.7. The Hall–Kier alpha value is -3.99. The summed E-state index contributed by atoms with van der Waals surface area (Å²) in [5.41, 5.74) is 1.66. The van der Waals surface area contributed by atoms with E-state index >= 15 is 4.39 Å². The molecule has 2 heterocycles. The van der Waals surface area contributed by atoms with Crippen LogP contribution in [0.15, 0.2) is 47.4 Å². The van der Waals surface area contributed by atoms with Crippen LogP contribution in [0.3, 0.4) is 0 Å². The Morgan fingerprint density at radius 3 is 2.24 bits per heavy atom. The molecule has 3 unspecified atom stereocenters. The van der Waals surface area contributed by atoms with E-state index in [0.29, 0.717) is 35.3 Å². The maximum atomic E-state index is 15.7. The van der Waals surface area contributed by atoms with Crippen LogP contribution in [0.25, 0.3) is 11.1 Å². The predicted molar refractivity (Wildman–Crippen MR) is 191 cm³/mol. The molecule has 1 fully saturated rings. The van der Waals surface area contributed by atoms with Crippen molar-refractivity contribution in [3.05, 3.63) is 92.4 Å². The van der Waals surface area contributed by atoms with Crippen molar-refractivity contribution in [2.24, 2.45) is 0 Å². The number of carboxylic acids is 1. The summed E-state index contributed by atoms with van der Waals surface area (Å²) in [6.07, 6.45) is 1.59. The van der Waals surface area contributed by atoms with Crippen LogP contribution in [0.4, 0.5) is 8.78 Å². The summed E-state index contributed by atoms with van der Waals surface area (Å²) < 4.78 is 31.2. The summed E-state index contributed by atoms with van der Waals surface area (Å²) in [6.45, 7) is 11.3. The molecule has 4 rings (SSSR count). The number of benzene rings is 2. The zero-order valence-electron chi connectivity index (χ0n) is 29.2. The maximum Gasteiger partial charge on any atom is 0.305 e. The number of hydrogen-bond donors (Lipinski definition) is 4. The number of aliphatic hydroxyl groups excluding tert-OH is 1. The van der Waals surface area contributed by atoms with E-state index in [9.17, 15) is 33.8 Å². The highest BCUT2D eigenvalue weighted by atomic mass is 31.0.